The van der Waals surface area contributed by atoms with Crippen LogP contribution in [0.1, 0.15) is 88.8 Å². The molecular weight excluding hydrogens is 731 g/mol. The number of imidazole rings is 1. The Hall–Kier alpha value is -4.37. The lowest BCUT2D eigenvalue weighted by atomic mass is 9.72. The van der Waals surface area contributed by atoms with Crippen molar-refractivity contribution >= 4 is 51.6 Å². The SMILES string of the molecule is CC(C)n1cnc2cc(-c3cnc4c(c3)N(C3CC(C)(N5CC[C@@H](F)C5)C3)C(=O)C4(C)C)nc(Nc3cc(C(=O)NC4(C(F)F)CC4)c(Cl)c(F)c3F)c21. The molecular formula is C38H40ClF5N8O2. The van der Waals surface area contributed by atoms with Crippen LogP contribution < -0.4 is 15.5 Å². The van der Waals surface area contributed by atoms with Crippen molar-refractivity contribution in [3.63, 3.8) is 0 Å². The van der Waals surface area contributed by atoms with E-state index in [1.165, 1.54) is 0 Å². The number of fused-ring (bicyclic) bond motifs is 2. The Bertz CT molecular complexity index is 2220. The van der Waals surface area contributed by atoms with Crippen LogP contribution in [0.15, 0.2) is 30.7 Å². The summed E-state index contributed by atoms with van der Waals surface area (Å²) in [5.41, 5.74) is -0.832. The maximum Gasteiger partial charge on any atom is 0.261 e. The van der Waals surface area contributed by atoms with E-state index in [0.717, 1.165) is 6.07 Å². The van der Waals surface area contributed by atoms with E-state index in [9.17, 15) is 22.8 Å². The van der Waals surface area contributed by atoms with E-state index >= 15 is 8.78 Å². The number of likely N-dealkylation sites (tertiary alicyclic amines) is 1. The molecule has 2 aliphatic heterocycles. The maximum atomic E-state index is 15.6. The van der Waals surface area contributed by atoms with Crippen LogP contribution in [0.25, 0.3) is 22.3 Å². The van der Waals surface area contributed by atoms with Gasteiger partial charge in [0.2, 0.25) is 5.91 Å². The highest BCUT2D eigenvalue weighted by Crippen LogP contribution is 2.50. The lowest BCUT2D eigenvalue weighted by molar-refractivity contribution is -0.123. The summed E-state index contributed by atoms with van der Waals surface area (Å²) in [6.07, 6.45) is 1.45. The van der Waals surface area contributed by atoms with Gasteiger partial charge in [0.25, 0.3) is 12.3 Å². The monoisotopic (exact) mass is 770 g/mol. The van der Waals surface area contributed by atoms with Gasteiger partial charge in [0.1, 0.15) is 17.2 Å². The standard InChI is InChI=1S/C38H40ClF5N8O2/c1-18(2)51-17-46-25-12-23(47-32(30(25)51)48-24-11-22(27(39)29(42)28(24)41)33(53)49-38(7-8-38)34(43)44)19-10-26-31(45-15-19)36(3,4)35(54)52(26)21-13-37(5,14-21)50-9-6-20(40)16-50/h10-12,15,17-18,20-21,34H,6-9,13-14,16H2,1-5H3,(H,47,48)(H,49,53)/t20-,21?,37?/m1/s1. The molecule has 1 atom stereocenters. The Kier molecular flexibility index (Phi) is 8.53. The Morgan fingerprint density at radius 3 is 2.41 bits per heavy atom. The summed E-state index contributed by atoms with van der Waals surface area (Å²) in [7, 11) is 0. The number of carbonyl (C=O) groups excluding carboxylic acids is 2. The lowest BCUT2D eigenvalue weighted by Gasteiger charge is -2.53. The second kappa shape index (κ2) is 12.6. The topological polar surface area (TPSA) is 108 Å². The molecule has 2 N–H and O–H groups in total. The normalized spacial score (nSPS) is 24.4. The highest BCUT2D eigenvalue weighted by molar-refractivity contribution is 6.34. The molecule has 4 aromatic rings. The molecule has 8 rings (SSSR count). The molecule has 0 bridgehead atoms. The van der Waals surface area contributed by atoms with E-state index in [1.54, 1.807) is 28.1 Å². The van der Waals surface area contributed by atoms with Gasteiger partial charge in [0.15, 0.2) is 17.5 Å². The summed E-state index contributed by atoms with van der Waals surface area (Å²) in [5.74, 6) is -4.02. The molecule has 4 aliphatic rings. The molecule has 3 fully saturated rings. The van der Waals surface area contributed by atoms with Gasteiger partial charge in [0.05, 0.1) is 50.6 Å². The van der Waals surface area contributed by atoms with E-state index < -0.39 is 57.4 Å². The zero-order valence-corrected chi connectivity index (χ0v) is 31.2. The third-order valence-corrected chi connectivity index (χ3v) is 12.1. The van der Waals surface area contributed by atoms with Crippen molar-refractivity contribution in [3.8, 4) is 11.3 Å². The number of benzene rings is 1. The van der Waals surface area contributed by atoms with Crippen LogP contribution in [-0.4, -0.2) is 79.0 Å². The van der Waals surface area contributed by atoms with Gasteiger partial charge in [-0.25, -0.2) is 31.9 Å². The summed E-state index contributed by atoms with van der Waals surface area (Å²) in [6, 6.07) is 4.30. The molecule has 54 heavy (non-hydrogen) atoms. The fourth-order valence-electron chi connectivity index (χ4n) is 8.24. The number of rotatable bonds is 9. The van der Waals surface area contributed by atoms with Crippen LogP contribution in [0, 0.1) is 11.6 Å². The van der Waals surface area contributed by atoms with Crippen molar-refractivity contribution in [1.82, 2.24) is 29.7 Å². The number of aromatic nitrogens is 4. The number of alkyl halides is 3. The van der Waals surface area contributed by atoms with Gasteiger partial charge in [0, 0.05) is 42.5 Å². The number of anilines is 3. The fraction of sp³-hybridized carbons (Fsp3) is 0.500. The number of hydrogen-bond acceptors (Lipinski definition) is 7. The van der Waals surface area contributed by atoms with Crippen LogP contribution in [0.5, 0.6) is 0 Å². The summed E-state index contributed by atoms with van der Waals surface area (Å²) < 4.78 is 74.0. The van der Waals surface area contributed by atoms with Gasteiger partial charge < -0.3 is 20.1 Å². The van der Waals surface area contributed by atoms with Crippen LogP contribution in [0.3, 0.4) is 0 Å². The first-order valence-corrected chi connectivity index (χ1v) is 18.5. The molecule has 2 amide bonds. The minimum atomic E-state index is -2.85. The van der Waals surface area contributed by atoms with Crippen molar-refractivity contribution < 1.29 is 31.5 Å². The van der Waals surface area contributed by atoms with Crippen molar-refractivity contribution in [3.05, 3.63) is 58.6 Å². The van der Waals surface area contributed by atoms with Gasteiger partial charge >= 0.3 is 0 Å². The third kappa shape index (κ3) is 5.71. The van der Waals surface area contributed by atoms with E-state index in [4.69, 9.17) is 21.6 Å². The number of carbonyl (C=O) groups is 2. The quantitative estimate of drug-likeness (QED) is 0.132. The molecule has 10 nitrogen and oxygen atoms in total. The van der Waals surface area contributed by atoms with E-state index in [-0.39, 0.29) is 42.2 Å². The average molecular weight is 771 g/mol. The first kappa shape index (κ1) is 36.6. The number of nitrogens with one attached hydrogen (secondary N) is 2. The van der Waals surface area contributed by atoms with Crippen LogP contribution in [0.4, 0.5) is 39.1 Å². The van der Waals surface area contributed by atoms with Gasteiger partial charge in [-0.1, -0.05) is 11.6 Å². The summed E-state index contributed by atoms with van der Waals surface area (Å²) in [6.45, 7) is 10.7. The molecule has 16 heteroatoms. The first-order chi connectivity index (χ1) is 25.4. The second-order valence-electron chi connectivity index (χ2n) is 16.2. The first-order valence-electron chi connectivity index (χ1n) is 18.1. The van der Waals surface area contributed by atoms with E-state index in [2.05, 4.69) is 27.4 Å². The molecule has 0 radical (unpaired) electrons. The van der Waals surface area contributed by atoms with E-state index in [1.807, 2.05) is 33.8 Å². The van der Waals surface area contributed by atoms with Crippen molar-refractivity contribution in [2.75, 3.05) is 23.3 Å². The number of halogens is 6. The van der Waals surface area contributed by atoms with Gasteiger partial charge in [-0.05, 0) is 84.9 Å². The third-order valence-electron chi connectivity index (χ3n) is 11.7. The molecule has 286 valence electrons. The summed E-state index contributed by atoms with van der Waals surface area (Å²) in [5, 5.41) is 4.23. The van der Waals surface area contributed by atoms with Gasteiger partial charge in [-0.3, -0.25) is 19.5 Å². The highest BCUT2D eigenvalue weighted by atomic mass is 35.5. The molecule has 0 unspecified atom stereocenters. The Morgan fingerprint density at radius 2 is 1.78 bits per heavy atom. The van der Waals surface area contributed by atoms with Crippen LogP contribution in [0.2, 0.25) is 5.02 Å². The maximum absolute atomic E-state index is 15.6. The van der Waals surface area contributed by atoms with Crippen molar-refractivity contribution in [2.45, 2.75) is 108 Å². The predicted octanol–water partition coefficient (Wildman–Crippen LogP) is 7.87. The number of nitrogens with zero attached hydrogens (tertiary/aromatic N) is 6. The summed E-state index contributed by atoms with van der Waals surface area (Å²) in [4.78, 5) is 45.2. The highest BCUT2D eigenvalue weighted by Gasteiger charge is 2.56. The molecule has 5 heterocycles. The largest absolute Gasteiger partial charge is 0.341 e. The number of pyridine rings is 2. The van der Waals surface area contributed by atoms with Crippen molar-refractivity contribution in [1.29, 1.82) is 0 Å². The van der Waals surface area contributed by atoms with Crippen molar-refractivity contribution in [2.24, 2.45) is 0 Å². The Morgan fingerprint density at radius 1 is 1.06 bits per heavy atom. The molecule has 2 saturated carbocycles. The average Bonchev–Trinajstić information content (AvgIpc) is 3.45. The number of hydrogen-bond donors (Lipinski definition) is 2. The van der Waals surface area contributed by atoms with E-state index in [0.29, 0.717) is 66.0 Å². The van der Waals surface area contributed by atoms with Gasteiger partial charge in [-0.2, -0.15) is 0 Å². The van der Waals surface area contributed by atoms with Crippen LogP contribution in [-0.2, 0) is 10.2 Å². The smallest absolute Gasteiger partial charge is 0.261 e. The predicted molar refractivity (Wildman–Crippen MR) is 194 cm³/mol. The minimum Gasteiger partial charge on any atom is -0.341 e. The summed E-state index contributed by atoms with van der Waals surface area (Å²) >= 11 is 6.05. The van der Waals surface area contributed by atoms with Gasteiger partial charge in [-0.15, -0.1) is 0 Å². The number of amides is 2. The zero-order valence-electron chi connectivity index (χ0n) is 30.4. The molecule has 1 aromatic carbocycles. The lowest BCUT2D eigenvalue weighted by Crippen LogP contribution is -2.62. The Balaban J connectivity index is 1.17. The van der Waals surface area contributed by atoms with Crippen LogP contribution >= 0.6 is 11.6 Å². The minimum absolute atomic E-state index is 0.0388. The Labute approximate surface area is 313 Å². The molecule has 2 aliphatic carbocycles. The molecule has 3 aromatic heterocycles. The second-order valence-corrected chi connectivity index (χ2v) is 16.6. The fourth-order valence-corrected chi connectivity index (χ4v) is 8.46. The zero-order chi connectivity index (χ0) is 38.6. The molecule has 1 saturated heterocycles. The molecule has 0 spiro atoms.